The number of anilines is 1. The van der Waals surface area contributed by atoms with Crippen molar-refractivity contribution >= 4 is 39.6 Å². The monoisotopic (exact) mass is 430 g/mol. The Labute approximate surface area is 164 Å². The molecule has 0 saturated heterocycles. The van der Waals surface area contributed by atoms with Gasteiger partial charge in [-0.25, -0.2) is 27.7 Å². The molecule has 0 spiro atoms. The van der Waals surface area contributed by atoms with E-state index >= 15 is 0 Å². The zero-order valence-corrected chi connectivity index (χ0v) is 16.2. The summed E-state index contributed by atoms with van der Waals surface area (Å²) in [6.45, 7) is 0.843. The van der Waals surface area contributed by atoms with Crippen LogP contribution in [-0.4, -0.2) is 49.2 Å². The molecule has 0 saturated carbocycles. The summed E-state index contributed by atoms with van der Waals surface area (Å²) in [7, 11) is -3.09. The maximum absolute atomic E-state index is 12.5. The van der Waals surface area contributed by atoms with Gasteiger partial charge in [0, 0.05) is 16.8 Å². The first-order chi connectivity index (χ1) is 13.1. The molecule has 150 valence electrons. The number of urea groups is 1. The summed E-state index contributed by atoms with van der Waals surface area (Å²) < 4.78 is 36.7. The van der Waals surface area contributed by atoms with Gasteiger partial charge in [-0.3, -0.25) is 5.32 Å². The number of rotatable bonds is 7. The van der Waals surface area contributed by atoms with Gasteiger partial charge < -0.3 is 14.6 Å². The molecule has 0 aliphatic carbocycles. The van der Waals surface area contributed by atoms with Crippen LogP contribution in [0.5, 0.6) is 11.6 Å². The lowest BCUT2D eigenvalue weighted by Crippen LogP contribution is -2.35. The molecule has 1 heterocycles. The molecule has 2 amide bonds. The molecule has 13 heteroatoms. The van der Waals surface area contributed by atoms with Crippen molar-refractivity contribution in [1.82, 2.24) is 14.7 Å². The summed E-state index contributed by atoms with van der Waals surface area (Å²) in [4.78, 5) is 30.0. The summed E-state index contributed by atoms with van der Waals surface area (Å²) in [6, 6.07) is 3.85. The van der Waals surface area contributed by atoms with E-state index in [4.69, 9.17) is 26.2 Å². The Bertz CT molecular complexity index is 1010. The van der Waals surface area contributed by atoms with Crippen molar-refractivity contribution < 1.29 is 32.6 Å². The number of carboxylic acid groups (broad SMARTS) is 1. The van der Waals surface area contributed by atoms with Gasteiger partial charge in [0.05, 0.1) is 7.11 Å². The van der Waals surface area contributed by atoms with Crippen molar-refractivity contribution in [1.29, 1.82) is 0 Å². The zero-order chi connectivity index (χ0) is 20.9. The number of carbonyl (C=O) groups excluding carboxylic acids is 1. The molecule has 0 bridgehead atoms. The average molecular weight is 431 g/mol. The number of nitrogens with one attached hydrogen (secondary N) is 2. The highest BCUT2D eigenvalue weighted by Crippen LogP contribution is 2.27. The normalized spacial score (nSPS) is 10.8. The minimum Gasteiger partial charge on any atom is -0.481 e. The van der Waals surface area contributed by atoms with Crippen molar-refractivity contribution in [3.8, 4) is 11.6 Å². The number of carbonyl (C=O) groups is 2. The topological polar surface area (TPSA) is 157 Å². The number of aliphatic carboxylic acids is 1. The lowest BCUT2D eigenvalue weighted by atomic mass is 10.3. The van der Waals surface area contributed by atoms with Gasteiger partial charge in [-0.05, 0) is 25.1 Å². The fraction of sp³-hybridized carbons (Fsp3) is 0.200. The Kier molecular flexibility index (Phi) is 6.59. The summed E-state index contributed by atoms with van der Waals surface area (Å²) in [5.74, 6) is -1.61. The van der Waals surface area contributed by atoms with Gasteiger partial charge in [0.2, 0.25) is 11.8 Å². The highest BCUT2D eigenvalue weighted by Gasteiger charge is 2.24. The van der Waals surface area contributed by atoms with E-state index in [2.05, 4.69) is 15.3 Å². The molecule has 2 aromatic rings. The van der Waals surface area contributed by atoms with Gasteiger partial charge in [-0.1, -0.05) is 11.6 Å². The van der Waals surface area contributed by atoms with Crippen LogP contribution >= 0.6 is 11.6 Å². The van der Waals surface area contributed by atoms with E-state index in [1.807, 2.05) is 0 Å². The van der Waals surface area contributed by atoms with Gasteiger partial charge in [0.25, 0.3) is 10.0 Å². The van der Waals surface area contributed by atoms with E-state index in [0.717, 1.165) is 6.07 Å². The predicted molar refractivity (Wildman–Crippen MR) is 97.2 cm³/mol. The van der Waals surface area contributed by atoms with Crippen LogP contribution in [0, 0.1) is 6.92 Å². The van der Waals surface area contributed by atoms with Crippen LogP contribution in [0.1, 0.15) is 5.69 Å². The van der Waals surface area contributed by atoms with E-state index in [9.17, 15) is 18.0 Å². The third-order valence-electron chi connectivity index (χ3n) is 3.04. The van der Waals surface area contributed by atoms with Gasteiger partial charge in [-0.15, -0.1) is 0 Å². The number of benzene rings is 1. The number of hydrogen-bond acceptors (Lipinski definition) is 8. The quantitative estimate of drug-likeness (QED) is 0.590. The lowest BCUT2D eigenvalue weighted by molar-refractivity contribution is -0.139. The Morgan fingerprint density at radius 3 is 2.61 bits per heavy atom. The molecular formula is C15H15ClN4O7S. The largest absolute Gasteiger partial charge is 0.481 e. The van der Waals surface area contributed by atoms with Crippen molar-refractivity contribution in [3.63, 3.8) is 0 Å². The molecule has 0 radical (unpaired) electrons. The number of sulfonamides is 1. The van der Waals surface area contributed by atoms with E-state index < -0.39 is 33.5 Å². The molecule has 0 fully saturated rings. The van der Waals surface area contributed by atoms with Crippen LogP contribution in [0.25, 0.3) is 0 Å². The van der Waals surface area contributed by atoms with Crippen LogP contribution in [-0.2, 0) is 14.8 Å². The van der Waals surface area contributed by atoms with Crippen molar-refractivity contribution in [2.45, 2.75) is 11.8 Å². The number of hydrogen-bond donors (Lipinski definition) is 3. The molecule has 11 nitrogen and oxygen atoms in total. The van der Waals surface area contributed by atoms with E-state index in [0.29, 0.717) is 5.69 Å². The first-order valence-corrected chi connectivity index (χ1v) is 9.34. The molecule has 3 N–H and O–H groups in total. The van der Waals surface area contributed by atoms with Crippen molar-refractivity contribution in [2.75, 3.05) is 19.0 Å². The smallest absolute Gasteiger partial charge is 0.341 e. The number of aryl methyl sites for hydroxylation is 1. The fourth-order valence-corrected chi connectivity index (χ4v) is 3.27. The Hall–Kier alpha value is -3.12. The number of carboxylic acids is 1. The lowest BCUT2D eigenvalue weighted by Gasteiger charge is -2.12. The molecule has 2 rings (SSSR count). The van der Waals surface area contributed by atoms with E-state index in [-0.39, 0.29) is 22.6 Å². The fourth-order valence-electron chi connectivity index (χ4n) is 1.95. The maximum atomic E-state index is 12.5. The molecular weight excluding hydrogens is 416 g/mol. The molecule has 1 aromatic heterocycles. The molecule has 1 aromatic carbocycles. The third kappa shape index (κ3) is 5.69. The second-order valence-corrected chi connectivity index (χ2v) is 7.30. The van der Waals surface area contributed by atoms with Crippen molar-refractivity contribution in [2.24, 2.45) is 0 Å². The highest BCUT2D eigenvalue weighted by atomic mass is 35.5. The number of ether oxygens (including phenoxy) is 2. The van der Waals surface area contributed by atoms with Crippen LogP contribution in [0.4, 0.5) is 10.7 Å². The van der Waals surface area contributed by atoms with Gasteiger partial charge >= 0.3 is 12.0 Å². The average Bonchev–Trinajstić information content (AvgIpc) is 2.59. The summed E-state index contributed by atoms with van der Waals surface area (Å²) in [5.41, 5.74) is 0.476. The Balaban J connectivity index is 2.23. The molecule has 0 atom stereocenters. The van der Waals surface area contributed by atoms with E-state index in [1.165, 1.54) is 25.3 Å². The van der Waals surface area contributed by atoms with E-state index in [1.54, 1.807) is 11.6 Å². The Morgan fingerprint density at radius 1 is 1.25 bits per heavy atom. The van der Waals surface area contributed by atoms with Gasteiger partial charge in [-0.2, -0.15) is 4.98 Å². The summed E-state index contributed by atoms with van der Waals surface area (Å²) >= 11 is 5.80. The summed E-state index contributed by atoms with van der Waals surface area (Å²) in [5, 5.41) is 10.9. The highest BCUT2D eigenvalue weighted by molar-refractivity contribution is 7.90. The minimum atomic E-state index is -4.46. The van der Waals surface area contributed by atoms with Crippen LogP contribution in [0.2, 0.25) is 5.02 Å². The van der Waals surface area contributed by atoms with Gasteiger partial charge in [0.1, 0.15) is 10.6 Å². The van der Waals surface area contributed by atoms with Crippen LogP contribution in [0.3, 0.4) is 0 Å². The maximum Gasteiger partial charge on any atom is 0.341 e. The molecule has 0 unspecified atom stereocenters. The van der Waals surface area contributed by atoms with Crippen molar-refractivity contribution in [3.05, 3.63) is 35.0 Å². The standard InChI is InChI=1S/C15H15ClN4O7S/c1-8-5-12(26-2)18-14(17-8)19-15(23)20-28(24,25)11-6-9(16)3-4-10(11)27-7-13(21)22/h3-6H,7H2,1-2H3,(H,21,22)(H2,17,18,19,20,23). The molecule has 28 heavy (non-hydrogen) atoms. The zero-order valence-electron chi connectivity index (χ0n) is 14.6. The minimum absolute atomic E-state index is 0.0372. The first kappa shape index (κ1) is 21.2. The number of halogens is 1. The number of aromatic nitrogens is 2. The second kappa shape index (κ2) is 8.71. The molecule has 0 aliphatic rings. The number of amides is 2. The first-order valence-electron chi connectivity index (χ1n) is 7.48. The third-order valence-corrected chi connectivity index (χ3v) is 4.63. The van der Waals surface area contributed by atoms with Crippen LogP contribution < -0.4 is 19.5 Å². The summed E-state index contributed by atoms with van der Waals surface area (Å²) in [6.07, 6.45) is 0. The molecule has 0 aliphatic heterocycles. The predicted octanol–water partition coefficient (Wildman–Crippen LogP) is 1.42. The Morgan fingerprint density at radius 2 is 1.96 bits per heavy atom. The SMILES string of the molecule is COc1cc(C)nc(NC(=O)NS(=O)(=O)c2cc(Cl)ccc2OCC(=O)O)n1. The second-order valence-electron chi connectivity index (χ2n) is 5.21. The number of methoxy groups -OCH3 is 1. The van der Waals surface area contributed by atoms with Crippen LogP contribution in [0.15, 0.2) is 29.2 Å². The number of nitrogens with zero attached hydrogens (tertiary/aromatic N) is 2. The van der Waals surface area contributed by atoms with Gasteiger partial charge in [0.15, 0.2) is 6.61 Å².